The monoisotopic (exact) mass is 478 g/mol. The molecule has 4 aliphatic heterocycles. The molecule has 4 bridgehead atoms. The van der Waals surface area contributed by atoms with E-state index >= 15 is 0 Å². The van der Waals surface area contributed by atoms with Crippen molar-refractivity contribution in [2.45, 2.75) is 68.8 Å². The Labute approximate surface area is 203 Å². The van der Waals surface area contributed by atoms with Gasteiger partial charge in [-0.25, -0.2) is 4.98 Å². The van der Waals surface area contributed by atoms with Crippen LogP contribution < -0.4 is 14.5 Å². The minimum absolute atomic E-state index is 0.203. The molecule has 0 radical (unpaired) electrons. The smallest absolute Gasteiger partial charge is 0.229 e. The fraction of sp³-hybridized carbons (Fsp3) is 0.538. The number of fused-ring (bicyclic) bond motifs is 5. The van der Waals surface area contributed by atoms with Gasteiger partial charge in [-0.2, -0.15) is 4.98 Å². The Balaban J connectivity index is 1.42. The maximum Gasteiger partial charge on any atom is 0.229 e. The molecule has 4 atom stereocenters. The molecule has 3 aromatic rings. The molecular weight excluding hydrogens is 448 g/mol. The number of morpholine rings is 1. The van der Waals surface area contributed by atoms with E-state index in [1.807, 2.05) is 12.1 Å². The molecule has 8 heteroatoms. The number of anilines is 2. The van der Waals surface area contributed by atoms with Crippen molar-refractivity contribution >= 4 is 33.3 Å². The van der Waals surface area contributed by atoms with Crippen LogP contribution in [-0.4, -0.2) is 65.7 Å². The first kappa shape index (κ1) is 20.9. The highest BCUT2D eigenvalue weighted by Gasteiger charge is 2.44. The summed E-state index contributed by atoms with van der Waals surface area (Å²) in [6.07, 6.45) is 5.92. The number of thiophene rings is 1. The fourth-order valence-corrected chi connectivity index (χ4v) is 7.66. The highest BCUT2D eigenvalue weighted by Crippen LogP contribution is 2.47. The fourth-order valence-electron chi connectivity index (χ4n) is 6.73. The molecule has 7 rings (SSSR count). The normalized spacial score (nSPS) is 30.4. The quantitative estimate of drug-likeness (QED) is 0.602. The Morgan fingerprint density at radius 1 is 0.941 bits per heavy atom. The summed E-state index contributed by atoms with van der Waals surface area (Å²) < 4.78 is 11.6. The molecule has 6 heterocycles. The molecule has 4 aliphatic rings. The molecule has 2 aromatic heterocycles. The molecule has 4 saturated heterocycles. The van der Waals surface area contributed by atoms with Gasteiger partial charge in [0.2, 0.25) is 5.95 Å². The number of aliphatic hydroxyl groups is 1. The van der Waals surface area contributed by atoms with Gasteiger partial charge < -0.3 is 24.4 Å². The summed E-state index contributed by atoms with van der Waals surface area (Å²) >= 11 is 1.69. The number of aliphatic hydroxyl groups excluding tert-OH is 1. The number of nitrogens with zero attached hydrogens (tertiary/aromatic N) is 4. The average molecular weight is 479 g/mol. The maximum absolute atomic E-state index is 10.3. The van der Waals surface area contributed by atoms with Gasteiger partial charge in [0.15, 0.2) is 0 Å². The number of benzene rings is 1. The van der Waals surface area contributed by atoms with Gasteiger partial charge in [-0.3, -0.25) is 0 Å². The number of aromatic nitrogens is 2. The molecule has 1 N–H and O–H groups in total. The molecule has 4 fully saturated rings. The predicted octanol–water partition coefficient (Wildman–Crippen LogP) is 4.23. The Hall–Kier alpha value is -2.42. The van der Waals surface area contributed by atoms with Crippen LogP contribution in [0.3, 0.4) is 0 Å². The summed E-state index contributed by atoms with van der Waals surface area (Å²) in [7, 11) is 1.73. The number of piperidine rings is 1. The van der Waals surface area contributed by atoms with E-state index in [-0.39, 0.29) is 6.10 Å². The van der Waals surface area contributed by atoms with Gasteiger partial charge in [-0.15, -0.1) is 11.3 Å². The summed E-state index contributed by atoms with van der Waals surface area (Å²) in [5.41, 5.74) is 2.22. The van der Waals surface area contributed by atoms with Crippen LogP contribution in [0.5, 0.6) is 5.75 Å². The highest BCUT2D eigenvalue weighted by atomic mass is 32.1. The van der Waals surface area contributed by atoms with E-state index in [4.69, 9.17) is 19.4 Å². The van der Waals surface area contributed by atoms with Crippen molar-refractivity contribution in [3.05, 3.63) is 29.6 Å². The second-order valence-corrected chi connectivity index (χ2v) is 11.0. The Morgan fingerprint density at radius 3 is 2.38 bits per heavy atom. The van der Waals surface area contributed by atoms with Crippen molar-refractivity contribution in [2.24, 2.45) is 0 Å². The molecule has 178 valence electrons. The third kappa shape index (κ3) is 3.15. The Bertz CT molecular complexity index is 1200. The molecule has 7 nitrogen and oxygen atoms in total. The first-order valence-corrected chi connectivity index (χ1v) is 13.3. The topological polar surface area (TPSA) is 71.0 Å². The first-order chi connectivity index (χ1) is 16.7. The number of hydrogen-bond donors (Lipinski definition) is 1. The number of para-hydroxylation sites is 1. The molecule has 0 amide bonds. The van der Waals surface area contributed by atoms with Crippen LogP contribution in [0, 0.1) is 0 Å². The van der Waals surface area contributed by atoms with E-state index in [2.05, 4.69) is 27.3 Å². The zero-order valence-electron chi connectivity index (χ0n) is 19.4. The lowest BCUT2D eigenvalue weighted by Crippen LogP contribution is -2.48. The third-order valence-corrected chi connectivity index (χ3v) is 9.10. The molecule has 34 heavy (non-hydrogen) atoms. The maximum atomic E-state index is 10.3. The van der Waals surface area contributed by atoms with Gasteiger partial charge in [0.1, 0.15) is 16.4 Å². The van der Waals surface area contributed by atoms with E-state index in [9.17, 15) is 5.11 Å². The van der Waals surface area contributed by atoms with Gasteiger partial charge in [0, 0.05) is 28.6 Å². The second kappa shape index (κ2) is 8.07. The van der Waals surface area contributed by atoms with Crippen molar-refractivity contribution in [1.82, 2.24) is 9.97 Å². The third-order valence-electron chi connectivity index (χ3n) is 8.22. The van der Waals surface area contributed by atoms with E-state index < -0.39 is 0 Å². The van der Waals surface area contributed by atoms with Gasteiger partial charge in [-0.05, 0) is 44.6 Å². The van der Waals surface area contributed by atoms with Gasteiger partial charge in [-0.1, -0.05) is 18.2 Å². The molecule has 4 unspecified atom stereocenters. The number of ether oxygens (including phenoxy) is 2. The van der Waals surface area contributed by atoms with Crippen LogP contribution in [-0.2, 0) is 4.74 Å². The Kier molecular flexibility index (Phi) is 4.96. The standard InChI is InChI=1S/C26H30N4O3S/c1-32-22-5-3-2-4-20(22)21-14-34-25-23(21)24(29-17-8-9-18(29)13-33-12-17)27-26(28-25)30-15-6-7-16(30)11-19(31)10-15/h2-5,14-19,31H,6-13H2,1H3. The summed E-state index contributed by atoms with van der Waals surface area (Å²) in [5, 5.41) is 13.7. The molecular formula is C26H30N4O3S. The van der Waals surface area contributed by atoms with Crippen LogP contribution in [0.15, 0.2) is 29.6 Å². The summed E-state index contributed by atoms with van der Waals surface area (Å²) in [6.45, 7) is 1.51. The summed E-state index contributed by atoms with van der Waals surface area (Å²) in [6, 6.07) is 9.58. The van der Waals surface area contributed by atoms with Crippen LogP contribution in [0.25, 0.3) is 21.3 Å². The zero-order valence-corrected chi connectivity index (χ0v) is 20.2. The first-order valence-electron chi connectivity index (χ1n) is 12.5. The van der Waals surface area contributed by atoms with Crippen molar-refractivity contribution in [1.29, 1.82) is 0 Å². The van der Waals surface area contributed by atoms with Crippen molar-refractivity contribution in [3.8, 4) is 16.9 Å². The number of hydrogen-bond acceptors (Lipinski definition) is 8. The number of methoxy groups -OCH3 is 1. The van der Waals surface area contributed by atoms with Gasteiger partial charge in [0.25, 0.3) is 0 Å². The van der Waals surface area contributed by atoms with Gasteiger partial charge >= 0.3 is 0 Å². The minimum atomic E-state index is -0.203. The summed E-state index contributed by atoms with van der Waals surface area (Å²) in [5.74, 6) is 2.75. The van der Waals surface area contributed by atoms with Crippen LogP contribution in [0.1, 0.15) is 38.5 Å². The van der Waals surface area contributed by atoms with E-state index in [0.29, 0.717) is 24.2 Å². The SMILES string of the molecule is COc1ccccc1-c1csc2nc(N3C4CCC3CC(O)C4)nc(N3C4CCC3COC4)c12. The second-order valence-electron chi connectivity index (χ2n) is 10.1. The zero-order chi connectivity index (χ0) is 22.8. The minimum Gasteiger partial charge on any atom is -0.496 e. The van der Waals surface area contributed by atoms with Crippen LogP contribution in [0.4, 0.5) is 11.8 Å². The number of rotatable bonds is 4. The van der Waals surface area contributed by atoms with Crippen molar-refractivity contribution in [2.75, 3.05) is 30.1 Å². The molecule has 0 spiro atoms. The van der Waals surface area contributed by atoms with E-state index in [0.717, 1.165) is 90.6 Å². The van der Waals surface area contributed by atoms with Gasteiger partial charge in [0.05, 0.1) is 43.9 Å². The predicted molar refractivity (Wildman–Crippen MR) is 134 cm³/mol. The van der Waals surface area contributed by atoms with Crippen LogP contribution in [0.2, 0.25) is 0 Å². The molecule has 1 aromatic carbocycles. The molecule has 0 aliphatic carbocycles. The highest BCUT2D eigenvalue weighted by molar-refractivity contribution is 7.17. The van der Waals surface area contributed by atoms with E-state index in [1.54, 1.807) is 18.4 Å². The Morgan fingerprint density at radius 2 is 1.65 bits per heavy atom. The largest absolute Gasteiger partial charge is 0.496 e. The lowest BCUT2D eigenvalue weighted by molar-refractivity contribution is 0.0903. The van der Waals surface area contributed by atoms with E-state index in [1.165, 1.54) is 0 Å². The lowest BCUT2D eigenvalue weighted by atomic mass is 10.0. The average Bonchev–Trinajstić information content (AvgIpc) is 3.48. The summed E-state index contributed by atoms with van der Waals surface area (Å²) in [4.78, 5) is 16.5. The van der Waals surface area contributed by atoms with Crippen molar-refractivity contribution in [3.63, 3.8) is 0 Å². The molecule has 0 saturated carbocycles. The lowest BCUT2D eigenvalue weighted by Gasteiger charge is -2.39. The van der Waals surface area contributed by atoms with Crippen LogP contribution >= 0.6 is 11.3 Å². The van der Waals surface area contributed by atoms with Crippen molar-refractivity contribution < 1.29 is 14.6 Å².